The Labute approximate surface area is 123 Å². The number of imidazole rings is 1. The standard InChI is InChI=1S/C16H17FN4/c1-2-7-21-15(19)14(20-16(21)10-3-4-10)11-5-6-13(17)12(8-11)9-18/h5-6,8,10H,2-4,7,19H2,1H3. The lowest BCUT2D eigenvalue weighted by Crippen LogP contribution is -2.06. The van der Waals surface area contributed by atoms with Gasteiger partial charge in [0.15, 0.2) is 0 Å². The Balaban J connectivity index is 2.10. The summed E-state index contributed by atoms with van der Waals surface area (Å²) in [5.74, 6) is 1.60. The minimum Gasteiger partial charge on any atom is -0.383 e. The van der Waals surface area contributed by atoms with Gasteiger partial charge in [-0.05, 0) is 37.5 Å². The van der Waals surface area contributed by atoms with Crippen molar-refractivity contribution in [3.63, 3.8) is 0 Å². The SMILES string of the molecule is CCCn1c(C2CC2)nc(-c2ccc(F)c(C#N)c2)c1N. The Morgan fingerprint density at radius 2 is 2.24 bits per heavy atom. The number of hydrogen-bond acceptors (Lipinski definition) is 3. The molecule has 2 N–H and O–H groups in total. The maximum absolute atomic E-state index is 13.5. The van der Waals surface area contributed by atoms with Crippen molar-refractivity contribution < 1.29 is 4.39 Å². The van der Waals surface area contributed by atoms with Crippen molar-refractivity contribution >= 4 is 5.82 Å². The number of hydrogen-bond donors (Lipinski definition) is 1. The minimum absolute atomic E-state index is 0.0184. The van der Waals surface area contributed by atoms with Crippen LogP contribution in [-0.2, 0) is 6.54 Å². The smallest absolute Gasteiger partial charge is 0.140 e. The molecular weight excluding hydrogens is 267 g/mol. The summed E-state index contributed by atoms with van der Waals surface area (Å²) in [7, 11) is 0. The van der Waals surface area contributed by atoms with Crippen LogP contribution in [0.1, 0.15) is 43.5 Å². The van der Waals surface area contributed by atoms with E-state index in [1.54, 1.807) is 6.07 Å². The number of halogens is 1. The van der Waals surface area contributed by atoms with E-state index >= 15 is 0 Å². The number of nitrogens with zero attached hydrogens (tertiary/aromatic N) is 3. The number of nitrogen functional groups attached to an aromatic ring is 1. The van der Waals surface area contributed by atoms with Gasteiger partial charge in [-0.25, -0.2) is 9.37 Å². The van der Waals surface area contributed by atoms with Crippen molar-refractivity contribution in [2.45, 2.75) is 38.6 Å². The van der Waals surface area contributed by atoms with Gasteiger partial charge in [0.2, 0.25) is 0 Å². The number of rotatable bonds is 4. The molecule has 2 aromatic rings. The highest BCUT2D eigenvalue weighted by molar-refractivity contribution is 5.72. The first-order valence-electron chi connectivity index (χ1n) is 7.21. The van der Waals surface area contributed by atoms with Crippen LogP contribution in [0.5, 0.6) is 0 Å². The molecule has 0 spiro atoms. The van der Waals surface area contributed by atoms with Crippen LogP contribution >= 0.6 is 0 Å². The second-order valence-electron chi connectivity index (χ2n) is 5.44. The monoisotopic (exact) mass is 284 g/mol. The van der Waals surface area contributed by atoms with E-state index in [1.807, 2.05) is 6.07 Å². The topological polar surface area (TPSA) is 67.6 Å². The van der Waals surface area contributed by atoms with Gasteiger partial charge in [0.25, 0.3) is 0 Å². The lowest BCUT2D eigenvalue weighted by molar-refractivity contribution is 0.624. The van der Waals surface area contributed by atoms with Crippen LogP contribution < -0.4 is 5.73 Å². The molecule has 0 aliphatic heterocycles. The number of anilines is 1. The van der Waals surface area contributed by atoms with Crippen LogP contribution in [0.25, 0.3) is 11.3 Å². The van der Waals surface area contributed by atoms with Crippen LogP contribution in [0.2, 0.25) is 0 Å². The van der Waals surface area contributed by atoms with Crippen LogP contribution in [0.15, 0.2) is 18.2 Å². The quantitative estimate of drug-likeness (QED) is 0.935. The molecular formula is C16H17FN4. The molecule has 0 bridgehead atoms. The van der Waals surface area contributed by atoms with Crippen molar-refractivity contribution in [3.8, 4) is 17.3 Å². The molecule has 0 saturated heterocycles. The van der Waals surface area contributed by atoms with Crippen LogP contribution in [-0.4, -0.2) is 9.55 Å². The third kappa shape index (κ3) is 2.38. The zero-order valence-electron chi connectivity index (χ0n) is 11.9. The van der Waals surface area contributed by atoms with E-state index in [2.05, 4.69) is 16.5 Å². The van der Waals surface area contributed by atoms with Crippen LogP contribution in [0.3, 0.4) is 0 Å². The Morgan fingerprint density at radius 1 is 1.48 bits per heavy atom. The molecule has 1 heterocycles. The number of nitriles is 1. The van der Waals surface area contributed by atoms with E-state index in [4.69, 9.17) is 11.0 Å². The van der Waals surface area contributed by atoms with Gasteiger partial charge in [-0.3, -0.25) is 0 Å². The molecule has 4 nitrogen and oxygen atoms in total. The summed E-state index contributed by atoms with van der Waals surface area (Å²) in [5.41, 5.74) is 7.61. The second kappa shape index (κ2) is 5.21. The molecule has 3 rings (SSSR count). The fourth-order valence-corrected chi connectivity index (χ4v) is 2.57. The summed E-state index contributed by atoms with van der Waals surface area (Å²) < 4.78 is 15.5. The molecule has 1 fully saturated rings. The van der Waals surface area contributed by atoms with E-state index in [0.717, 1.165) is 31.6 Å². The van der Waals surface area contributed by atoms with Gasteiger partial charge in [-0.1, -0.05) is 6.92 Å². The normalized spacial score (nSPS) is 14.1. The average molecular weight is 284 g/mol. The predicted octanol–water partition coefficient (Wildman–Crippen LogP) is 3.43. The molecule has 0 amide bonds. The fraction of sp³-hybridized carbons (Fsp3) is 0.375. The molecule has 108 valence electrons. The molecule has 1 aliphatic carbocycles. The largest absolute Gasteiger partial charge is 0.383 e. The molecule has 5 heteroatoms. The van der Waals surface area contributed by atoms with E-state index in [1.165, 1.54) is 12.1 Å². The zero-order chi connectivity index (χ0) is 15.0. The van der Waals surface area contributed by atoms with Crippen molar-refractivity contribution in [2.24, 2.45) is 0 Å². The first-order chi connectivity index (χ1) is 10.2. The van der Waals surface area contributed by atoms with Gasteiger partial charge in [0.05, 0.1) is 5.56 Å². The Bertz CT molecular complexity index is 723. The lowest BCUT2D eigenvalue weighted by Gasteiger charge is -2.07. The second-order valence-corrected chi connectivity index (χ2v) is 5.44. The van der Waals surface area contributed by atoms with Gasteiger partial charge >= 0.3 is 0 Å². The van der Waals surface area contributed by atoms with Crippen LogP contribution in [0, 0.1) is 17.1 Å². The maximum Gasteiger partial charge on any atom is 0.140 e. The number of nitrogens with two attached hydrogens (primary N) is 1. The van der Waals surface area contributed by atoms with E-state index in [9.17, 15) is 4.39 Å². The first kappa shape index (κ1) is 13.6. The third-order valence-electron chi connectivity index (χ3n) is 3.79. The third-order valence-corrected chi connectivity index (χ3v) is 3.79. The Hall–Kier alpha value is -2.35. The van der Waals surface area contributed by atoms with Gasteiger partial charge in [-0.15, -0.1) is 0 Å². The summed E-state index contributed by atoms with van der Waals surface area (Å²) in [4.78, 5) is 4.67. The fourth-order valence-electron chi connectivity index (χ4n) is 2.57. The molecule has 0 atom stereocenters. The van der Waals surface area contributed by atoms with E-state index < -0.39 is 5.82 Å². The highest BCUT2D eigenvalue weighted by Crippen LogP contribution is 2.42. The first-order valence-corrected chi connectivity index (χ1v) is 7.21. The van der Waals surface area contributed by atoms with Crippen molar-refractivity contribution in [3.05, 3.63) is 35.4 Å². The van der Waals surface area contributed by atoms with E-state index in [-0.39, 0.29) is 5.56 Å². The van der Waals surface area contributed by atoms with Gasteiger partial charge in [-0.2, -0.15) is 5.26 Å². The predicted molar refractivity (Wildman–Crippen MR) is 79.0 cm³/mol. The lowest BCUT2D eigenvalue weighted by atomic mass is 10.1. The van der Waals surface area contributed by atoms with Crippen LogP contribution in [0.4, 0.5) is 10.2 Å². The van der Waals surface area contributed by atoms with E-state index in [0.29, 0.717) is 23.0 Å². The molecule has 0 unspecified atom stereocenters. The van der Waals surface area contributed by atoms with Crippen molar-refractivity contribution in [2.75, 3.05) is 5.73 Å². The summed E-state index contributed by atoms with van der Waals surface area (Å²) >= 11 is 0. The highest BCUT2D eigenvalue weighted by Gasteiger charge is 2.30. The Morgan fingerprint density at radius 3 is 2.86 bits per heavy atom. The summed E-state index contributed by atoms with van der Waals surface area (Å²) in [6.07, 6.45) is 3.27. The molecule has 1 aliphatic rings. The van der Waals surface area contributed by atoms with Gasteiger partial charge in [0.1, 0.15) is 29.2 Å². The highest BCUT2D eigenvalue weighted by atomic mass is 19.1. The van der Waals surface area contributed by atoms with Gasteiger partial charge in [0, 0.05) is 18.0 Å². The average Bonchev–Trinajstić information content (AvgIpc) is 3.27. The molecule has 1 aromatic heterocycles. The summed E-state index contributed by atoms with van der Waals surface area (Å²) in [6.45, 7) is 2.93. The van der Waals surface area contributed by atoms with Crippen molar-refractivity contribution in [1.29, 1.82) is 5.26 Å². The van der Waals surface area contributed by atoms with Gasteiger partial charge < -0.3 is 10.3 Å². The summed E-state index contributed by atoms with van der Waals surface area (Å²) in [6, 6.07) is 6.29. The number of aromatic nitrogens is 2. The minimum atomic E-state index is -0.518. The molecule has 1 aromatic carbocycles. The molecule has 1 saturated carbocycles. The Kier molecular flexibility index (Phi) is 3.38. The number of benzene rings is 1. The molecule has 0 radical (unpaired) electrons. The van der Waals surface area contributed by atoms with Crippen molar-refractivity contribution in [1.82, 2.24) is 9.55 Å². The maximum atomic E-state index is 13.5. The zero-order valence-corrected chi connectivity index (χ0v) is 11.9. The molecule has 21 heavy (non-hydrogen) atoms. The summed E-state index contributed by atoms with van der Waals surface area (Å²) in [5, 5.41) is 8.95.